The van der Waals surface area contributed by atoms with Crippen molar-refractivity contribution in [3.8, 4) is 11.5 Å². The minimum absolute atomic E-state index is 0.00146. The fraction of sp³-hybridized carbons (Fsp3) is 0.240. The third kappa shape index (κ3) is 3.87. The third-order valence-electron chi connectivity index (χ3n) is 5.72. The number of aryl methyl sites for hydroxylation is 3. The van der Waals surface area contributed by atoms with Gasteiger partial charge in [-0.25, -0.2) is 4.98 Å². The van der Waals surface area contributed by atoms with Crippen LogP contribution >= 0.6 is 11.3 Å². The number of rotatable bonds is 5. The van der Waals surface area contributed by atoms with Gasteiger partial charge in [-0.2, -0.15) is 0 Å². The summed E-state index contributed by atoms with van der Waals surface area (Å²) in [6.45, 7) is 5.69. The van der Waals surface area contributed by atoms with Crippen molar-refractivity contribution in [2.24, 2.45) is 0 Å². The molecule has 1 fully saturated rings. The van der Waals surface area contributed by atoms with E-state index in [1.807, 2.05) is 32.9 Å². The quantitative estimate of drug-likeness (QED) is 0.334. The number of hydrogen-bond acceptors (Lipinski definition) is 7. The summed E-state index contributed by atoms with van der Waals surface area (Å²) in [5, 5.41) is 11.6. The average Bonchev–Trinajstić information content (AvgIpc) is 3.28. The number of anilines is 1. The summed E-state index contributed by atoms with van der Waals surface area (Å²) in [6, 6.07) is 11.4. The lowest BCUT2D eigenvalue weighted by Crippen LogP contribution is -2.29. The number of ether oxygens (including phenoxy) is 2. The lowest BCUT2D eigenvalue weighted by Gasteiger charge is -2.23. The number of carbonyl (C=O) groups is 2. The first kappa shape index (κ1) is 22.5. The molecule has 1 saturated heterocycles. The van der Waals surface area contributed by atoms with Gasteiger partial charge in [0.25, 0.3) is 5.78 Å². The van der Waals surface area contributed by atoms with E-state index in [0.717, 1.165) is 16.1 Å². The number of carbonyl (C=O) groups excluding carboxylic acids is 2. The van der Waals surface area contributed by atoms with E-state index >= 15 is 0 Å². The molecule has 7 nitrogen and oxygen atoms in total. The van der Waals surface area contributed by atoms with E-state index in [9.17, 15) is 14.7 Å². The zero-order valence-electron chi connectivity index (χ0n) is 19.0. The Bertz CT molecular complexity index is 1260. The molecule has 8 heteroatoms. The number of aliphatic hydroxyl groups is 1. The fourth-order valence-corrected chi connectivity index (χ4v) is 4.73. The van der Waals surface area contributed by atoms with Gasteiger partial charge in [-0.15, -0.1) is 11.3 Å². The Hall–Kier alpha value is -3.65. The van der Waals surface area contributed by atoms with Crippen LogP contribution < -0.4 is 14.4 Å². The average molecular weight is 465 g/mol. The first-order valence-corrected chi connectivity index (χ1v) is 11.1. The van der Waals surface area contributed by atoms with Crippen LogP contribution in [0.1, 0.15) is 33.3 Å². The van der Waals surface area contributed by atoms with Crippen LogP contribution in [0.25, 0.3) is 5.76 Å². The maximum atomic E-state index is 13.2. The van der Waals surface area contributed by atoms with E-state index in [0.29, 0.717) is 27.8 Å². The predicted octanol–water partition coefficient (Wildman–Crippen LogP) is 4.71. The molecule has 1 aromatic heterocycles. The van der Waals surface area contributed by atoms with Gasteiger partial charge >= 0.3 is 5.91 Å². The molecule has 33 heavy (non-hydrogen) atoms. The topological polar surface area (TPSA) is 89.0 Å². The summed E-state index contributed by atoms with van der Waals surface area (Å²) < 4.78 is 10.8. The second kappa shape index (κ2) is 8.71. The molecule has 0 saturated carbocycles. The smallest absolute Gasteiger partial charge is 0.301 e. The number of aliphatic hydroxyl groups excluding tert-OH is 1. The minimum Gasteiger partial charge on any atom is -0.507 e. The molecule has 1 aliphatic heterocycles. The Balaban J connectivity index is 1.97. The standard InChI is InChI=1S/C25H24N2O5S/c1-13-6-8-16(9-7-13)22(28)20-21(17-10-11-18(31-4)19(12-17)32-5)27(24(30)23(20)29)25-26-14(2)15(3)33-25/h6-12,21,28H,1-5H3/t21-/m0/s1. The van der Waals surface area contributed by atoms with Gasteiger partial charge in [0.1, 0.15) is 5.76 Å². The molecule has 3 aromatic rings. The molecule has 1 N–H and O–H groups in total. The van der Waals surface area contributed by atoms with Gasteiger partial charge in [0.15, 0.2) is 16.6 Å². The summed E-state index contributed by atoms with van der Waals surface area (Å²) in [7, 11) is 3.04. The molecule has 4 rings (SSSR count). The molecule has 170 valence electrons. The van der Waals surface area contributed by atoms with Crippen molar-refractivity contribution in [3.05, 3.63) is 75.3 Å². The number of Topliss-reactive ketones (excluding diaryl/α,β-unsaturated/α-hetero) is 1. The SMILES string of the molecule is COc1ccc([C@H]2C(=C(O)c3ccc(C)cc3)C(=O)C(=O)N2c2nc(C)c(C)s2)cc1OC. The van der Waals surface area contributed by atoms with E-state index in [2.05, 4.69) is 4.98 Å². The highest BCUT2D eigenvalue weighted by atomic mass is 32.1. The van der Waals surface area contributed by atoms with E-state index in [1.165, 1.54) is 30.5 Å². The lowest BCUT2D eigenvalue weighted by atomic mass is 9.95. The lowest BCUT2D eigenvalue weighted by molar-refractivity contribution is -0.132. The summed E-state index contributed by atoms with van der Waals surface area (Å²) in [4.78, 5) is 33.3. The zero-order chi connectivity index (χ0) is 23.9. The van der Waals surface area contributed by atoms with E-state index in [-0.39, 0.29) is 11.3 Å². The normalized spacial score (nSPS) is 17.5. The van der Waals surface area contributed by atoms with Crippen LogP contribution in [0, 0.1) is 20.8 Å². The number of amides is 1. The molecule has 1 aliphatic rings. The van der Waals surface area contributed by atoms with Crippen molar-refractivity contribution in [1.29, 1.82) is 0 Å². The van der Waals surface area contributed by atoms with Gasteiger partial charge in [-0.3, -0.25) is 14.5 Å². The predicted molar refractivity (Wildman–Crippen MR) is 127 cm³/mol. The second-order valence-corrected chi connectivity index (χ2v) is 8.97. The van der Waals surface area contributed by atoms with Crippen LogP contribution in [0.3, 0.4) is 0 Å². The fourth-order valence-electron chi connectivity index (χ4n) is 3.79. The molecular weight excluding hydrogens is 440 g/mol. The van der Waals surface area contributed by atoms with Crippen molar-refractivity contribution >= 4 is 33.9 Å². The number of aromatic nitrogens is 1. The maximum absolute atomic E-state index is 13.2. The Morgan fingerprint density at radius 2 is 1.67 bits per heavy atom. The summed E-state index contributed by atoms with van der Waals surface area (Å²) in [5.74, 6) is -0.781. The van der Waals surface area contributed by atoms with Crippen LogP contribution in [-0.4, -0.2) is 36.0 Å². The third-order valence-corrected chi connectivity index (χ3v) is 6.79. The molecule has 0 spiro atoms. The summed E-state index contributed by atoms with van der Waals surface area (Å²) in [5.41, 5.74) is 2.84. The monoisotopic (exact) mass is 464 g/mol. The van der Waals surface area contributed by atoms with Crippen molar-refractivity contribution in [1.82, 2.24) is 4.98 Å². The number of hydrogen-bond donors (Lipinski definition) is 1. The Labute approximate surface area is 195 Å². The molecule has 2 aromatic carbocycles. The molecule has 0 aliphatic carbocycles. The van der Waals surface area contributed by atoms with Crippen molar-refractivity contribution in [3.63, 3.8) is 0 Å². The number of methoxy groups -OCH3 is 2. The van der Waals surface area contributed by atoms with Crippen molar-refractivity contribution in [2.75, 3.05) is 19.1 Å². The molecule has 1 atom stereocenters. The Morgan fingerprint density at radius 1 is 1.00 bits per heavy atom. The number of ketones is 1. The van der Waals surface area contributed by atoms with Crippen LogP contribution in [-0.2, 0) is 9.59 Å². The molecular formula is C25H24N2O5S. The van der Waals surface area contributed by atoms with Crippen LogP contribution in [0.5, 0.6) is 11.5 Å². The Morgan fingerprint density at radius 3 is 2.24 bits per heavy atom. The Kier molecular flexibility index (Phi) is 5.95. The van der Waals surface area contributed by atoms with E-state index in [4.69, 9.17) is 9.47 Å². The largest absolute Gasteiger partial charge is 0.507 e. The molecule has 1 amide bonds. The molecule has 2 heterocycles. The van der Waals surface area contributed by atoms with E-state index in [1.54, 1.807) is 30.3 Å². The summed E-state index contributed by atoms with van der Waals surface area (Å²) in [6.07, 6.45) is 0. The molecule has 0 radical (unpaired) electrons. The number of thiazole rings is 1. The zero-order valence-corrected chi connectivity index (χ0v) is 19.8. The highest BCUT2D eigenvalue weighted by Crippen LogP contribution is 2.45. The highest BCUT2D eigenvalue weighted by molar-refractivity contribution is 7.16. The summed E-state index contributed by atoms with van der Waals surface area (Å²) >= 11 is 1.33. The maximum Gasteiger partial charge on any atom is 0.301 e. The van der Waals surface area contributed by atoms with Gasteiger partial charge in [0, 0.05) is 10.4 Å². The molecule has 0 bridgehead atoms. The van der Waals surface area contributed by atoms with Crippen LogP contribution in [0.2, 0.25) is 0 Å². The highest BCUT2D eigenvalue weighted by Gasteiger charge is 2.48. The van der Waals surface area contributed by atoms with Gasteiger partial charge in [-0.05, 0) is 38.5 Å². The second-order valence-electron chi connectivity index (χ2n) is 7.79. The number of nitrogens with zero attached hydrogens (tertiary/aromatic N) is 2. The molecule has 0 unspecified atom stereocenters. The van der Waals surface area contributed by atoms with Gasteiger partial charge in [-0.1, -0.05) is 35.9 Å². The first-order valence-electron chi connectivity index (χ1n) is 10.3. The minimum atomic E-state index is -0.879. The van der Waals surface area contributed by atoms with Crippen LogP contribution in [0.15, 0.2) is 48.0 Å². The van der Waals surface area contributed by atoms with Crippen LogP contribution in [0.4, 0.5) is 5.13 Å². The van der Waals surface area contributed by atoms with E-state index < -0.39 is 17.7 Å². The van der Waals surface area contributed by atoms with Crippen molar-refractivity contribution in [2.45, 2.75) is 26.8 Å². The first-order chi connectivity index (χ1) is 15.8. The number of benzene rings is 2. The van der Waals surface area contributed by atoms with Crippen molar-refractivity contribution < 1.29 is 24.2 Å². The van der Waals surface area contributed by atoms with Gasteiger partial charge in [0.2, 0.25) is 0 Å². The van der Waals surface area contributed by atoms with Gasteiger partial charge in [0.05, 0.1) is 31.5 Å². The van der Waals surface area contributed by atoms with Gasteiger partial charge < -0.3 is 14.6 Å².